The first-order valence-electron chi connectivity index (χ1n) is 8.66. The molecule has 0 saturated heterocycles. The van der Waals surface area contributed by atoms with Gasteiger partial charge in [0.1, 0.15) is 17.9 Å². The van der Waals surface area contributed by atoms with E-state index in [-0.39, 0.29) is 17.3 Å². The lowest BCUT2D eigenvalue weighted by Gasteiger charge is -2.20. The highest BCUT2D eigenvalue weighted by Crippen LogP contribution is 2.32. The lowest BCUT2D eigenvalue weighted by molar-refractivity contribution is 0.416. The van der Waals surface area contributed by atoms with Gasteiger partial charge in [0, 0.05) is 18.5 Å². The molecule has 1 heterocycles. The zero-order valence-corrected chi connectivity index (χ0v) is 17.5. The van der Waals surface area contributed by atoms with Gasteiger partial charge in [-0.25, -0.2) is 18.4 Å². The van der Waals surface area contributed by atoms with E-state index in [4.69, 9.17) is 4.74 Å². The second-order valence-electron chi connectivity index (χ2n) is 5.82. The second-order valence-corrected chi connectivity index (χ2v) is 7.75. The smallest absolute Gasteiger partial charge is 0.243 e. The summed E-state index contributed by atoms with van der Waals surface area (Å²) in [6, 6.07) is 12.4. The van der Waals surface area contributed by atoms with E-state index in [9.17, 15) is 8.42 Å². The van der Waals surface area contributed by atoms with Gasteiger partial charge in [-0.2, -0.15) is 4.31 Å². The van der Waals surface area contributed by atoms with Gasteiger partial charge >= 0.3 is 0 Å². The van der Waals surface area contributed by atoms with Crippen molar-refractivity contribution in [3.05, 3.63) is 48.8 Å². The zero-order chi connectivity index (χ0) is 19.4. The molecule has 1 N–H and O–H groups in total. The number of halogens is 1. The van der Waals surface area contributed by atoms with Gasteiger partial charge in [0.2, 0.25) is 10.0 Å². The fourth-order valence-electron chi connectivity index (χ4n) is 2.89. The molecule has 0 amide bonds. The lowest BCUT2D eigenvalue weighted by Crippen LogP contribution is -2.30. The highest BCUT2D eigenvalue weighted by Gasteiger charge is 2.23. The Kier molecular flexibility index (Phi) is 7.17. The predicted molar refractivity (Wildman–Crippen MR) is 113 cm³/mol. The number of methoxy groups -OCH3 is 1. The van der Waals surface area contributed by atoms with E-state index < -0.39 is 10.0 Å². The molecule has 150 valence electrons. The fourth-order valence-corrected chi connectivity index (χ4v) is 4.37. The lowest BCUT2D eigenvalue weighted by atomic mass is 10.2. The van der Waals surface area contributed by atoms with Crippen LogP contribution in [0.5, 0.6) is 5.75 Å². The molecule has 0 radical (unpaired) electrons. The van der Waals surface area contributed by atoms with Gasteiger partial charge in [0.05, 0.1) is 23.2 Å². The van der Waals surface area contributed by atoms with Crippen molar-refractivity contribution in [3.63, 3.8) is 0 Å². The van der Waals surface area contributed by atoms with Gasteiger partial charge in [-0.15, -0.1) is 12.4 Å². The van der Waals surface area contributed by atoms with E-state index in [0.29, 0.717) is 30.3 Å². The third kappa shape index (κ3) is 4.19. The van der Waals surface area contributed by atoms with Crippen molar-refractivity contribution in [1.29, 1.82) is 0 Å². The van der Waals surface area contributed by atoms with Crippen LogP contribution in [-0.2, 0) is 10.0 Å². The molecule has 28 heavy (non-hydrogen) atoms. The van der Waals surface area contributed by atoms with Crippen LogP contribution in [0.25, 0.3) is 10.9 Å². The van der Waals surface area contributed by atoms with Gasteiger partial charge in [-0.1, -0.05) is 26.0 Å². The van der Waals surface area contributed by atoms with Crippen LogP contribution in [0.2, 0.25) is 0 Å². The van der Waals surface area contributed by atoms with Crippen molar-refractivity contribution in [1.82, 2.24) is 14.3 Å². The molecule has 0 unspecified atom stereocenters. The second kappa shape index (κ2) is 9.18. The van der Waals surface area contributed by atoms with Crippen LogP contribution >= 0.6 is 12.4 Å². The summed E-state index contributed by atoms with van der Waals surface area (Å²) in [5, 5.41) is 4.03. The van der Waals surface area contributed by atoms with E-state index in [1.54, 1.807) is 18.2 Å². The van der Waals surface area contributed by atoms with Crippen molar-refractivity contribution in [2.45, 2.75) is 18.7 Å². The Labute approximate surface area is 171 Å². The number of sulfonamides is 1. The van der Waals surface area contributed by atoms with Gasteiger partial charge in [0.15, 0.2) is 0 Å². The molecule has 2 aromatic carbocycles. The van der Waals surface area contributed by atoms with E-state index in [1.165, 1.54) is 17.7 Å². The summed E-state index contributed by atoms with van der Waals surface area (Å²) in [5.41, 5.74) is 1.32. The number of para-hydroxylation sites is 1. The Morgan fingerprint density at radius 2 is 1.79 bits per heavy atom. The molecule has 0 bridgehead atoms. The molecule has 3 rings (SSSR count). The number of nitrogens with zero attached hydrogens (tertiary/aromatic N) is 3. The summed E-state index contributed by atoms with van der Waals surface area (Å²) in [6.45, 7) is 4.45. The molecule has 0 atom stereocenters. The van der Waals surface area contributed by atoms with Gasteiger partial charge in [0.25, 0.3) is 0 Å². The van der Waals surface area contributed by atoms with Crippen LogP contribution < -0.4 is 10.1 Å². The molecule has 0 saturated carbocycles. The number of ether oxygens (including phenoxy) is 1. The number of rotatable bonds is 7. The van der Waals surface area contributed by atoms with E-state index in [2.05, 4.69) is 15.3 Å². The van der Waals surface area contributed by atoms with Crippen molar-refractivity contribution in [3.8, 4) is 5.75 Å². The minimum Gasteiger partial charge on any atom is -0.495 e. The van der Waals surface area contributed by atoms with E-state index >= 15 is 0 Å². The molecule has 0 aliphatic carbocycles. The summed E-state index contributed by atoms with van der Waals surface area (Å²) in [6.07, 6.45) is 1.47. The maximum absolute atomic E-state index is 12.8. The molecule has 0 aliphatic heterocycles. The normalized spacial score (nSPS) is 11.3. The van der Waals surface area contributed by atoms with Crippen LogP contribution in [0.4, 0.5) is 11.5 Å². The number of benzene rings is 2. The van der Waals surface area contributed by atoms with E-state index in [1.807, 2.05) is 38.1 Å². The molecular weight excluding hydrogens is 400 g/mol. The SMILES string of the molecule is CCN(CC)S(=O)(=O)c1ccc(OC)c(Nc2ncnc3ccccc23)c1.Cl. The molecule has 3 aromatic rings. The Bertz CT molecular complexity index is 1050. The minimum absolute atomic E-state index is 0. The maximum Gasteiger partial charge on any atom is 0.243 e. The molecule has 7 nitrogen and oxygen atoms in total. The van der Waals surface area contributed by atoms with Crippen molar-refractivity contribution in [2.24, 2.45) is 0 Å². The number of aromatic nitrogens is 2. The molecular formula is C19H23ClN4O3S. The standard InChI is InChI=1S/C19H22N4O3S.ClH/c1-4-23(5-2)27(24,25)14-10-11-18(26-3)17(12-14)22-19-15-8-6-7-9-16(15)20-13-21-19;/h6-13H,4-5H2,1-3H3,(H,20,21,22);1H. The summed E-state index contributed by atoms with van der Waals surface area (Å²) >= 11 is 0. The molecule has 0 aliphatic rings. The number of fused-ring (bicyclic) bond motifs is 1. The summed E-state index contributed by atoms with van der Waals surface area (Å²) in [4.78, 5) is 8.74. The first kappa shape index (κ1) is 21.9. The molecule has 1 aromatic heterocycles. The third-order valence-electron chi connectivity index (χ3n) is 4.31. The Balaban J connectivity index is 0.00000280. The van der Waals surface area contributed by atoms with Crippen molar-refractivity contribution in [2.75, 3.05) is 25.5 Å². The number of hydrogen-bond donors (Lipinski definition) is 1. The van der Waals surface area contributed by atoms with Crippen LogP contribution in [0.15, 0.2) is 53.7 Å². The molecule has 9 heteroatoms. The average molecular weight is 423 g/mol. The Hall–Kier alpha value is -2.42. The highest BCUT2D eigenvalue weighted by atomic mass is 35.5. The van der Waals surface area contributed by atoms with Crippen LogP contribution in [0, 0.1) is 0 Å². The van der Waals surface area contributed by atoms with Crippen LogP contribution in [0.3, 0.4) is 0 Å². The van der Waals surface area contributed by atoms with Gasteiger partial charge in [-0.3, -0.25) is 0 Å². The minimum atomic E-state index is -3.58. The maximum atomic E-state index is 12.8. The topological polar surface area (TPSA) is 84.4 Å². The number of nitrogens with one attached hydrogen (secondary N) is 1. The molecule has 0 spiro atoms. The highest BCUT2D eigenvalue weighted by molar-refractivity contribution is 7.89. The van der Waals surface area contributed by atoms with Gasteiger partial charge < -0.3 is 10.1 Å². The summed E-state index contributed by atoms with van der Waals surface area (Å²) < 4.78 is 32.5. The predicted octanol–water partition coefficient (Wildman–Crippen LogP) is 3.83. The number of anilines is 2. The van der Waals surface area contributed by atoms with Crippen molar-refractivity contribution >= 4 is 44.8 Å². The monoisotopic (exact) mass is 422 g/mol. The largest absolute Gasteiger partial charge is 0.495 e. The van der Waals surface area contributed by atoms with Gasteiger partial charge in [-0.05, 0) is 30.3 Å². The number of hydrogen-bond acceptors (Lipinski definition) is 6. The van der Waals surface area contributed by atoms with E-state index in [0.717, 1.165) is 10.9 Å². The van der Waals surface area contributed by atoms with Crippen LogP contribution in [0.1, 0.15) is 13.8 Å². The molecule has 0 fully saturated rings. The Morgan fingerprint density at radius 3 is 2.46 bits per heavy atom. The summed E-state index contributed by atoms with van der Waals surface area (Å²) in [5.74, 6) is 1.10. The summed E-state index contributed by atoms with van der Waals surface area (Å²) in [7, 11) is -2.04. The first-order chi connectivity index (χ1) is 13.0. The fraction of sp³-hybridized carbons (Fsp3) is 0.263. The first-order valence-corrected chi connectivity index (χ1v) is 10.1. The average Bonchev–Trinajstić information content (AvgIpc) is 2.69. The third-order valence-corrected chi connectivity index (χ3v) is 6.36. The Morgan fingerprint density at radius 1 is 1.07 bits per heavy atom. The zero-order valence-electron chi connectivity index (χ0n) is 15.9. The van der Waals surface area contributed by atoms with Crippen LogP contribution in [-0.4, -0.2) is 42.9 Å². The quantitative estimate of drug-likeness (QED) is 0.622. The van der Waals surface area contributed by atoms with Crippen molar-refractivity contribution < 1.29 is 13.2 Å².